The summed E-state index contributed by atoms with van der Waals surface area (Å²) in [4.78, 5) is 0. The van der Waals surface area contributed by atoms with Crippen molar-refractivity contribution in [3.05, 3.63) is 0 Å². The van der Waals surface area contributed by atoms with Gasteiger partial charge in [-0.2, -0.15) is 0 Å². The molecular weight excluding hydrogens is 320 g/mol. The van der Waals surface area contributed by atoms with Crippen LogP contribution in [0.3, 0.4) is 0 Å². The lowest BCUT2D eigenvalue weighted by Gasteiger charge is -2.39. The van der Waals surface area contributed by atoms with Gasteiger partial charge >= 0.3 is 0 Å². The van der Waals surface area contributed by atoms with E-state index >= 15 is 0 Å². The van der Waals surface area contributed by atoms with E-state index in [1.807, 2.05) is 0 Å². The van der Waals surface area contributed by atoms with E-state index in [9.17, 15) is 10.2 Å². The Balaban J connectivity index is 0.000000260. The Kier molecular flexibility index (Phi) is 9.14. The van der Waals surface area contributed by atoms with Gasteiger partial charge in [0, 0.05) is 0 Å². The lowest BCUT2D eigenvalue weighted by molar-refractivity contribution is -0.0224. The Hall–Kier alpha value is -0.0800. The van der Waals surface area contributed by atoms with Crippen LogP contribution in [0.1, 0.15) is 107 Å². The van der Waals surface area contributed by atoms with Crippen molar-refractivity contribution >= 4 is 0 Å². The predicted octanol–water partition coefficient (Wildman–Crippen LogP) is 6.44. The van der Waals surface area contributed by atoms with Gasteiger partial charge in [0.05, 0.1) is 12.2 Å². The molecule has 2 heteroatoms. The van der Waals surface area contributed by atoms with Crippen LogP contribution in [0.2, 0.25) is 0 Å². The van der Waals surface area contributed by atoms with Crippen LogP contribution in [0.15, 0.2) is 0 Å². The van der Waals surface area contributed by atoms with E-state index < -0.39 is 0 Å². The average Bonchev–Trinajstić information content (AvgIpc) is 2.53. The third-order valence-electron chi connectivity index (χ3n) is 6.78. The van der Waals surface area contributed by atoms with Crippen molar-refractivity contribution in [2.45, 2.75) is 119 Å². The Bertz CT molecular complexity index is 390. The molecule has 2 N–H and O–H groups in total. The summed E-state index contributed by atoms with van der Waals surface area (Å²) in [5, 5.41) is 20.3. The fraction of sp³-hybridized carbons (Fsp3) is 1.00. The molecule has 0 aliphatic heterocycles. The van der Waals surface area contributed by atoms with Crippen molar-refractivity contribution in [2.75, 3.05) is 0 Å². The lowest BCUT2D eigenvalue weighted by atomic mass is 9.70. The maximum absolute atomic E-state index is 10.2. The SMILES string of the molecule is CC1CCCC(C(O)C(C)(C)C)C1.CC1CCCCC1C(O)C(C)(C)C. The molecule has 0 saturated heterocycles. The van der Waals surface area contributed by atoms with Crippen LogP contribution in [-0.2, 0) is 0 Å². The summed E-state index contributed by atoms with van der Waals surface area (Å²) in [6.45, 7) is 17.4. The minimum absolute atomic E-state index is 0.0519. The van der Waals surface area contributed by atoms with Gasteiger partial charge in [-0.25, -0.2) is 0 Å². The molecule has 2 fully saturated rings. The quantitative estimate of drug-likeness (QED) is 0.589. The van der Waals surface area contributed by atoms with Crippen molar-refractivity contribution in [1.29, 1.82) is 0 Å². The highest BCUT2D eigenvalue weighted by molar-refractivity contribution is 4.85. The molecule has 156 valence electrons. The van der Waals surface area contributed by atoms with Crippen molar-refractivity contribution in [3.63, 3.8) is 0 Å². The van der Waals surface area contributed by atoms with Crippen LogP contribution in [0.25, 0.3) is 0 Å². The van der Waals surface area contributed by atoms with Crippen molar-refractivity contribution in [1.82, 2.24) is 0 Å². The highest BCUT2D eigenvalue weighted by Gasteiger charge is 2.35. The highest BCUT2D eigenvalue weighted by Crippen LogP contribution is 2.38. The number of hydrogen-bond acceptors (Lipinski definition) is 2. The normalized spacial score (nSPS) is 33.0. The van der Waals surface area contributed by atoms with Gasteiger partial charge in [0.2, 0.25) is 0 Å². The first-order valence-corrected chi connectivity index (χ1v) is 11.2. The summed E-state index contributed by atoms with van der Waals surface area (Å²) in [5.41, 5.74) is 0.109. The first kappa shape index (κ1) is 24.0. The zero-order valence-corrected chi connectivity index (χ0v) is 19.0. The van der Waals surface area contributed by atoms with E-state index in [1.165, 1.54) is 51.4 Å². The molecule has 0 radical (unpaired) electrons. The van der Waals surface area contributed by atoms with Gasteiger partial charge in [-0.05, 0) is 53.8 Å². The zero-order chi connectivity index (χ0) is 20.1. The molecule has 2 saturated carbocycles. The van der Waals surface area contributed by atoms with Crippen molar-refractivity contribution in [2.24, 2.45) is 34.5 Å². The Labute approximate surface area is 164 Å². The largest absolute Gasteiger partial charge is 0.392 e. The third-order valence-corrected chi connectivity index (χ3v) is 6.78. The van der Waals surface area contributed by atoms with Gasteiger partial charge in [0.15, 0.2) is 0 Å². The summed E-state index contributed by atoms with van der Waals surface area (Å²) in [6.07, 6.45) is 10.1. The molecule has 2 aliphatic rings. The van der Waals surface area contributed by atoms with Crippen LogP contribution in [-0.4, -0.2) is 22.4 Å². The third kappa shape index (κ3) is 7.50. The highest BCUT2D eigenvalue weighted by atomic mass is 16.3. The number of aliphatic hydroxyl groups is 2. The maximum atomic E-state index is 10.2. The van der Waals surface area contributed by atoms with Gasteiger partial charge in [-0.1, -0.05) is 87.5 Å². The second-order valence-corrected chi connectivity index (χ2v) is 11.6. The standard InChI is InChI=1S/2C12H24O/c1-9-6-5-7-10(8-9)11(13)12(2,3)4;1-9-7-5-6-8-10(9)11(13)12(2,3)4/h2*9-11,13H,5-8H2,1-4H3. The summed E-state index contributed by atoms with van der Waals surface area (Å²) < 4.78 is 0. The first-order chi connectivity index (χ1) is 11.8. The van der Waals surface area contributed by atoms with Crippen LogP contribution in [0, 0.1) is 34.5 Å². The second-order valence-electron chi connectivity index (χ2n) is 11.6. The smallest absolute Gasteiger partial charge is 0.0619 e. The Morgan fingerprint density at radius 2 is 1.23 bits per heavy atom. The minimum Gasteiger partial charge on any atom is -0.392 e. The molecule has 2 rings (SSSR count). The topological polar surface area (TPSA) is 40.5 Å². The number of hydrogen-bond donors (Lipinski definition) is 2. The molecular formula is C24H48O2. The van der Waals surface area contributed by atoms with Gasteiger partial charge in [0.25, 0.3) is 0 Å². The van der Waals surface area contributed by atoms with Crippen LogP contribution in [0.4, 0.5) is 0 Å². The lowest BCUT2D eigenvalue weighted by Crippen LogP contribution is -2.38. The summed E-state index contributed by atoms with van der Waals surface area (Å²) in [7, 11) is 0. The summed E-state index contributed by atoms with van der Waals surface area (Å²) in [6, 6.07) is 0. The van der Waals surface area contributed by atoms with E-state index in [-0.39, 0.29) is 23.0 Å². The molecule has 0 aromatic carbocycles. The number of rotatable bonds is 2. The van der Waals surface area contributed by atoms with E-state index in [0.717, 1.165) is 5.92 Å². The van der Waals surface area contributed by atoms with Crippen LogP contribution >= 0.6 is 0 Å². The first-order valence-electron chi connectivity index (χ1n) is 11.2. The average molecular weight is 369 g/mol. The Morgan fingerprint density at radius 1 is 0.692 bits per heavy atom. The minimum atomic E-state index is -0.122. The molecule has 0 amide bonds. The van der Waals surface area contributed by atoms with Crippen molar-refractivity contribution < 1.29 is 10.2 Å². The molecule has 0 aromatic heterocycles. The van der Waals surface area contributed by atoms with Gasteiger partial charge in [-0.15, -0.1) is 0 Å². The van der Waals surface area contributed by atoms with Gasteiger partial charge in [0.1, 0.15) is 0 Å². The van der Waals surface area contributed by atoms with Gasteiger partial charge < -0.3 is 10.2 Å². The molecule has 6 atom stereocenters. The van der Waals surface area contributed by atoms with E-state index in [4.69, 9.17) is 0 Å². The second kappa shape index (κ2) is 9.92. The summed E-state index contributed by atoms with van der Waals surface area (Å²) in [5.74, 6) is 2.61. The Morgan fingerprint density at radius 3 is 1.69 bits per heavy atom. The maximum Gasteiger partial charge on any atom is 0.0619 e. The monoisotopic (exact) mass is 368 g/mol. The fourth-order valence-corrected chi connectivity index (χ4v) is 4.93. The molecule has 6 unspecified atom stereocenters. The molecule has 26 heavy (non-hydrogen) atoms. The predicted molar refractivity (Wildman–Crippen MR) is 113 cm³/mol. The fourth-order valence-electron chi connectivity index (χ4n) is 4.93. The molecule has 0 bridgehead atoms. The van der Waals surface area contributed by atoms with E-state index in [2.05, 4.69) is 55.4 Å². The number of aliphatic hydroxyl groups excluding tert-OH is 2. The van der Waals surface area contributed by atoms with E-state index in [0.29, 0.717) is 17.8 Å². The molecule has 0 spiro atoms. The van der Waals surface area contributed by atoms with Crippen LogP contribution in [0.5, 0.6) is 0 Å². The summed E-state index contributed by atoms with van der Waals surface area (Å²) >= 11 is 0. The molecule has 2 aliphatic carbocycles. The van der Waals surface area contributed by atoms with E-state index in [1.54, 1.807) is 0 Å². The molecule has 0 aromatic rings. The molecule has 0 heterocycles. The van der Waals surface area contributed by atoms with Crippen molar-refractivity contribution in [3.8, 4) is 0 Å². The van der Waals surface area contributed by atoms with Gasteiger partial charge in [-0.3, -0.25) is 0 Å². The molecule has 2 nitrogen and oxygen atoms in total. The van der Waals surface area contributed by atoms with Crippen LogP contribution < -0.4 is 0 Å². The zero-order valence-electron chi connectivity index (χ0n) is 19.0.